The van der Waals surface area contributed by atoms with E-state index in [0.717, 1.165) is 18.9 Å². The van der Waals surface area contributed by atoms with Gasteiger partial charge >= 0.3 is 0 Å². The zero-order valence-electron chi connectivity index (χ0n) is 10.1. The molecule has 3 heteroatoms. The van der Waals surface area contributed by atoms with Crippen LogP contribution in [-0.2, 0) is 7.05 Å². The fraction of sp³-hybridized carbons (Fsp3) is 0.429. The Morgan fingerprint density at radius 3 is 3.18 bits per heavy atom. The Labute approximate surface area is 101 Å². The van der Waals surface area contributed by atoms with Crippen LogP contribution in [0.4, 0.5) is 0 Å². The van der Waals surface area contributed by atoms with Crippen LogP contribution in [0.2, 0.25) is 0 Å². The largest absolute Gasteiger partial charge is 0.491 e. The Morgan fingerprint density at radius 2 is 2.35 bits per heavy atom. The van der Waals surface area contributed by atoms with E-state index in [1.165, 1.54) is 23.7 Å². The van der Waals surface area contributed by atoms with Crippen LogP contribution >= 0.6 is 0 Å². The molecule has 0 saturated carbocycles. The molecule has 1 saturated heterocycles. The highest BCUT2D eigenvalue weighted by Crippen LogP contribution is 2.26. The van der Waals surface area contributed by atoms with Gasteiger partial charge in [0.15, 0.2) is 0 Å². The molecule has 2 heterocycles. The molecule has 1 unspecified atom stereocenters. The average Bonchev–Trinajstić information content (AvgIpc) is 2.97. The first-order valence-electron chi connectivity index (χ1n) is 6.25. The van der Waals surface area contributed by atoms with E-state index < -0.39 is 0 Å². The highest BCUT2D eigenvalue weighted by Gasteiger charge is 2.15. The van der Waals surface area contributed by atoms with E-state index >= 15 is 0 Å². The second-order valence-corrected chi connectivity index (χ2v) is 4.72. The average molecular weight is 230 g/mol. The van der Waals surface area contributed by atoms with E-state index in [9.17, 15) is 0 Å². The number of nitrogens with zero attached hydrogens (tertiary/aromatic N) is 1. The van der Waals surface area contributed by atoms with Crippen molar-refractivity contribution in [1.82, 2.24) is 9.88 Å². The highest BCUT2D eigenvalue weighted by atomic mass is 16.5. The topological polar surface area (TPSA) is 26.2 Å². The van der Waals surface area contributed by atoms with Crippen LogP contribution in [0.15, 0.2) is 30.5 Å². The Morgan fingerprint density at radius 1 is 1.41 bits per heavy atom. The summed E-state index contributed by atoms with van der Waals surface area (Å²) >= 11 is 0. The lowest BCUT2D eigenvalue weighted by atomic mass is 10.2. The summed E-state index contributed by atoms with van der Waals surface area (Å²) in [7, 11) is 2.06. The third kappa shape index (κ3) is 2.03. The van der Waals surface area contributed by atoms with E-state index in [2.05, 4.69) is 47.4 Å². The standard InChI is InChI=1S/C14H18N2O/c1-16-9-7-12-13(16)5-2-6-14(12)17-10-11-4-3-8-15-11/h2,5-7,9,11,15H,3-4,8,10H2,1H3. The summed E-state index contributed by atoms with van der Waals surface area (Å²) in [5.74, 6) is 0.997. The molecule has 1 aliphatic rings. The Kier molecular flexibility index (Phi) is 2.77. The van der Waals surface area contributed by atoms with Crippen molar-refractivity contribution in [1.29, 1.82) is 0 Å². The third-order valence-electron chi connectivity index (χ3n) is 3.49. The van der Waals surface area contributed by atoms with Gasteiger partial charge in [0.05, 0.1) is 5.52 Å². The number of nitrogens with one attached hydrogen (secondary N) is 1. The predicted octanol–water partition coefficient (Wildman–Crippen LogP) is 2.31. The molecule has 2 aromatic rings. The second-order valence-electron chi connectivity index (χ2n) is 4.72. The van der Waals surface area contributed by atoms with Gasteiger partial charge < -0.3 is 14.6 Å². The summed E-state index contributed by atoms with van der Waals surface area (Å²) in [6.45, 7) is 1.90. The Balaban J connectivity index is 1.79. The SMILES string of the molecule is Cn1ccc2c(OCC3CCCN3)cccc21. The van der Waals surface area contributed by atoms with Crippen molar-refractivity contribution in [2.75, 3.05) is 13.2 Å². The van der Waals surface area contributed by atoms with Crippen molar-refractivity contribution in [3.8, 4) is 5.75 Å². The van der Waals surface area contributed by atoms with Crippen molar-refractivity contribution in [3.63, 3.8) is 0 Å². The maximum atomic E-state index is 5.94. The molecule has 1 aliphatic heterocycles. The van der Waals surface area contributed by atoms with Crippen molar-refractivity contribution >= 4 is 10.9 Å². The molecule has 3 rings (SSSR count). The number of fused-ring (bicyclic) bond motifs is 1. The summed E-state index contributed by atoms with van der Waals surface area (Å²) in [5.41, 5.74) is 1.22. The smallest absolute Gasteiger partial charge is 0.128 e. The zero-order valence-corrected chi connectivity index (χ0v) is 10.1. The minimum Gasteiger partial charge on any atom is -0.491 e. The molecule has 1 aromatic carbocycles. The Hall–Kier alpha value is -1.48. The third-order valence-corrected chi connectivity index (χ3v) is 3.49. The van der Waals surface area contributed by atoms with Gasteiger partial charge in [-0.3, -0.25) is 0 Å². The van der Waals surface area contributed by atoms with Gasteiger partial charge in [0.1, 0.15) is 12.4 Å². The number of ether oxygens (including phenoxy) is 1. The summed E-state index contributed by atoms with van der Waals surface area (Å²) < 4.78 is 8.06. The summed E-state index contributed by atoms with van der Waals surface area (Å²) in [6, 6.07) is 8.87. The molecule has 0 bridgehead atoms. The van der Waals surface area contributed by atoms with Gasteiger partial charge in [-0.25, -0.2) is 0 Å². The van der Waals surface area contributed by atoms with Crippen LogP contribution in [-0.4, -0.2) is 23.8 Å². The molecule has 0 radical (unpaired) electrons. The van der Waals surface area contributed by atoms with Gasteiger partial charge in [-0.15, -0.1) is 0 Å². The maximum Gasteiger partial charge on any atom is 0.128 e. The first-order chi connectivity index (χ1) is 8.34. The van der Waals surface area contributed by atoms with Crippen molar-refractivity contribution in [2.24, 2.45) is 7.05 Å². The summed E-state index contributed by atoms with van der Waals surface area (Å²) in [4.78, 5) is 0. The molecule has 17 heavy (non-hydrogen) atoms. The minimum absolute atomic E-state index is 0.522. The predicted molar refractivity (Wildman–Crippen MR) is 69.4 cm³/mol. The molecule has 90 valence electrons. The van der Waals surface area contributed by atoms with E-state index in [1.807, 2.05) is 0 Å². The van der Waals surface area contributed by atoms with Crippen LogP contribution in [0, 0.1) is 0 Å². The molecule has 1 N–H and O–H groups in total. The number of hydrogen-bond acceptors (Lipinski definition) is 2. The lowest BCUT2D eigenvalue weighted by Gasteiger charge is -2.12. The second kappa shape index (κ2) is 4.41. The van der Waals surface area contributed by atoms with Crippen molar-refractivity contribution in [3.05, 3.63) is 30.5 Å². The lowest BCUT2D eigenvalue weighted by molar-refractivity contribution is 0.280. The summed E-state index contributed by atoms with van der Waals surface area (Å²) in [5, 5.41) is 4.65. The van der Waals surface area contributed by atoms with E-state index in [-0.39, 0.29) is 0 Å². The molecule has 3 nitrogen and oxygen atoms in total. The van der Waals surface area contributed by atoms with Crippen LogP contribution in [0.1, 0.15) is 12.8 Å². The molecule has 1 atom stereocenters. The normalized spacial score (nSPS) is 19.9. The molecule has 0 amide bonds. The fourth-order valence-electron chi connectivity index (χ4n) is 2.49. The summed E-state index contributed by atoms with van der Waals surface area (Å²) in [6.07, 6.45) is 4.57. The van der Waals surface area contributed by atoms with Gasteiger partial charge in [0.25, 0.3) is 0 Å². The van der Waals surface area contributed by atoms with Gasteiger partial charge in [0.2, 0.25) is 0 Å². The first kappa shape index (κ1) is 10.7. The lowest BCUT2D eigenvalue weighted by Crippen LogP contribution is -2.28. The van der Waals surface area contributed by atoms with Crippen LogP contribution in [0.5, 0.6) is 5.75 Å². The maximum absolute atomic E-state index is 5.94. The number of rotatable bonds is 3. The van der Waals surface area contributed by atoms with Gasteiger partial charge in [0, 0.05) is 24.7 Å². The molecule has 0 aliphatic carbocycles. The number of benzene rings is 1. The molecule has 0 spiro atoms. The molecular weight excluding hydrogens is 212 g/mol. The van der Waals surface area contributed by atoms with Gasteiger partial charge in [-0.1, -0.05) is 6.07 Å². The van der Waals surface area contributed by atoms with Crippen molar-refractivity contribution < 1.29 is 4.74 Å². The van der Waals surface area contributed by atoms with Crippen LogP contribution < -0.4 is 10.1 Å². The first-order valence-corrected chi connectivity index (χ1v) is 6.25. The van der Waals surface area contributed by atoms with Crippen molar-refractivity contribution in [2.45, 2.75) is 18.9 Å². The molecular formula is C14H18N2O. The van der Waals surface area contributed by atoms with E-state index in [4.69, 9.17) is 4.74 Å². The molecule has 1 aromatic heterocycles. The van der Waals surface area contributed by atoms with Crippen LogP contribution in [0.25, 0.3) is 10.9 Å². The van der Waals surface area contributed by atoms with Gasteiger partial charge in [-0.2, -0.15) is 0 Å². The highest BCUT2D eigenvalue weighted by molar-refractivity contribution is 5.86. The molecule has 1 fully saturated rings. The number of aryl methyl sites for hydroxylation is 1. The van der Waals surface area contributed by atoms with Gasteiger partial charge in [-0.05, 0) is 37.6 Å². The number of hydrogen-bond donors (Lipinski definition) is 1. The quantitative estimate of drug-likeness (QED) is 0.875. The van der Waals surface area contributed by atoms with E-state index in [1.54, 1.807) is 0 Å². The monoisotopic (exact) mass is 230 g/mol. The number of aromatic nitrogens is 1. The Bertz CT molecular complexity index is 512. The fourth-order valence-corrected chi connectivity index (χ4v) is 2.49. The minimum atomic E-state index is 0.522. The van der Waals surface area contributed by atoms with Crippen LogP contribution in [0.3, 0.4) is 0 Å². The zero-order chi connectivity index (χ0) is 11.7. The van der Waals surface area contributed by atoms with E-state index in [0.29, 0.717) is 6.04 Å².